The number of phenolic OH excluding ortho intramolecular Hbond substituents is 1. The number of hydrogen-bond donors (Lipinski definition) is 1. The first-order valence-electron chi connectivity index (χ1n) is 12.6. The second-order valence-corrected chi connectivity index (χ2v) is 10.2. The Hall–Kier alpha value is -3.88. The maximum Gasteiger partial charge on any atom is 0.294 e. The van der Waals surface area contributed by atoms with Crippen LogP contribution in [0.1, 0.15) is 0 Å². The summed E-state index contributed by atoms with van der Waals surface area (Å²) in [5.41, 5.74) is 2.61. The number of anilines is 1. The molecule has 0 bridgehead atoms. The predicted octanol–water partition coefficient (Wildman–Crippen LogP) is 4.06. The zero-order valence-electron chi connectivity index (χ0n) is 20.8. The normalized spacial score (nSPS) is 16.1. The van der Waals surface area contributed by atoms with E-state index in [2.05, 4.69) is 6.58 Å². The third kappa shape index (κ3) is 4.29. The minimum Gasteiger partial charge on any atom is -0.508 e. The molecule has 6 rings (SSSR count). The summed E-state index contributed by atoms with van der Waals surface area (Å²) >= 11 is 6.86. The fraction of sp³-hybridized carbons (Fsp3) is 0.276. The van der Waals surface area contributed by atoms with E-state index >= 15 is 0 Å². The third-order valence-electron chi connectivity index (χ3n) is 7.35. The van der Waals surface area contributed by atoms with Gasteiger partial charge < -0.3 is 24.2 Å². The van der Waals surface area contributed by atoms with Crippen molar-refractivity contribution >= 4 is 45.1 Å². The predicted molar refractivity (Wildman–Crippen MR) is 149 cm³/mol. The van der Waals surface area contributed by atoms with Gasteiger partial charge in [-0.3, -0.25) is 9.59 Å². The van der Waals surface area contributed by atoms with E-state index in [0.717, 1.165) is 21.9 Å². The lowest BCUT2D eigenvalue weighted by atomic mass is 9.97. The number of ether oxygens (including phenoxy) is 1. The highest BCUT2D eigenvalue weighted by Crippen LogP contribution is 2.38. The average molecular weight is 531 g/mol. The lowest BCUT2D eigenvalue weighted by molar-refractivity contribution is -0.132. The number of aromatic nitrogens is 2. The number of amides is 1. The first-order chi connectivity index (χ1) is 18.4. The number of carbonyl (C=O) groups is 1. The van der Waals surface area contributed by atoms with Crippen molar-refractivity contribution in [2.75, 3.05) is 44.3 Å². The molecule has 38 heavy (non-hydrogen) atoms. The Labute approximate surface area is 224 Å². The highest BCUT2D eigenvalue weighted by Gasteiger charge is 2.31. The standard InChI is InChI=1S/C29H27ClN4O4/c1-2-27(36)33-15-18(16-33)17-34-26-14-24(30)23(22-12-20(35)11-19-5-3-4-6-21(19)22)13-25(26)31-28(29(34)37)32-7-9-38-10-8-32/h2-6,11-14,18,35H,1,7-10,15-17H2. The van der Waals surface area contributed by atoms with Crippen LogP contribution in [-0.2, 0) is 16.1 Å². The van der Waals surface area contributed by atoms with Gasteiger partial charge in [-0.15, -0.1) is 0 Å². The van der Waals surface area contributed by atoms with Crippen LogP contribution in [0.15, 0.2) is 66.0 Å². The lowest BCUT2D eigenvalue weighted by Crippen LogP contribution is -2.51. The van der Waals surface area contributed by atoms with Crippen LogP contribution in [0.25, 0.3) is 32.9 Å². The zero-order chi connectivity index (χ0) is 26.4. The first-order valence-corrected chi connectivity index (χ1v) is 13.0. The number of nitrogens with zero attached hydrogens (tertiary/aromatic N) is 4. The van der Waals surface area contributed by atoms with Crippen molar-refractivity contribution < 1.29 is 14.6 Å². The molecule has 0 atom stereocenters. The Kier molecular flexibility index (Phi) is 6.29. The molecule has 1 N–H and O–H groups in total. The van der Waals surface area contributed by atoms with Gasteiger partial charge in [-0.25, -0.2) is 4.98 Å². The van der Waals surface area contributed by atoms with E-state index < -0.39 is 0 Å². The van der Waals surface area contributed by atoms with E-state index in [1.807, 2.05) is 35.2 Å². The van der Waals surface area contributed by atoms with Crippen LogP contribution >= 0.6 is 11.6 Å². The number of likely N-dealkylation sites (tertiary alicyclic amines) is 1. The van der Waals surface area contributed by atoms with Gasteiger partial charge >= 0.3 is 0 Å². The van der Waals surface area contributed by atoms with Crippen molar-refractivity contribution in [3.8, 4) is 16.9 Å². The summed E-state index contributed by atoms with van der Waals surface area (Å²) in [6, 6.07) is 14.9. The molecule has 0 unspecified atom stereocenters. The minimum atomic E-state index is -0.181. The lowest BCUT2D eigenvalue weighted by Gasteiger charge is -2.39. The molecule has 8 nitrogen and oxygen atoms in total. The molecule has 0 saturated carbocycles. The molecule has 3 aromatic carbocycles. The van der Waals surface area contributed by atoms with Gasteiger partial charge in [-0.1, -0.05) is 42.4 Å². The van der Waals surface area contributed by atoms with Crippen LogP contribution in [0.5, 0.6) is 5.75 Å². The van der Waals surface area contributed by atoms with Gasteiger partial charge in [0.2, 0.25) is 5.91 Å². The number of hydrogen-bond acceptors (Lipinski definition) is 6. The van der Waals surface area contributed by atoms with Crippen LogP contribution in [0.3, 0.4) is 0 Å². The average Bonchev–Trinajstić information content (AvgIpc) is 2.90. The Bertz CT molecular complexity index is 1640. The van der Waals surface area contributed by atoms with Gasteiger partial charge in [0.25, 0.3) is 5.56 Å². The molecule has 2 aliphatic heterocycles. The van der Waals surface area contributed by atoms with Gasteiger partial charge in [0.1, 0.15) is 5.75 Å². The van der Waals surface area contributed by atoms with E-state index in [4.69, 9.17) is 21.3 Å². The molecular weight excluding hydrogens is 504 g/mol. The van der Waals surface area contributed by atoms with Gasteiger partial charge in [0, 0.05) is 44.2 Å². The Balaban J connectivity index is 1.50. The summed E-state index contributed by atoms with van der Waals surface area (Å²) in [7, 11) is 0. The van der Waals surface area contributed by atoms with Crippen molar-refractivity contribution in [3.05, 3.63) is 76.6 Å². The molecular formula is C29H27ClN4O4. The largest absolute Gasteiger partial charge is 0.508 e. The number of benzene rings is 3. The highest BCUT2D eigenvalue weighted by atomic mass is 35.5. The number of morpholine rings is 1. The van der Waals surface area contributed by atoms with Crippen molar-refractivity contribution in [2.45, 2.75) is 6.54 Å². The topological polar surface area (TPSA) is 87.9 Å². The van der Waals surface area contributed by atoms with Crippen LogP contribution in [0.4, 0.5) is 5.82 Å². The third-order valence-corrected chi connectivity index (χ3v) is 7.66. The van der Waals surface area contributed by atoms with Crippen LogP contribution in [-0.4, -0.2) is 64.9 Å². The summed E-state index contributed by atoms with van der Waals surface area (Å²) in [6.07, 6.45) is 1.31. The Morgan fingerprint density at radius 3 is 2.66 bits per heavy atom. The summed E-state index contributed by atoms with van der Waals surface area (Å²) < 4.78 is 7.23. The van der Waals surface area contributed by atoms with Crippen LogP contribution in [0.2, 0.25) is 5.02 Å². The Morgan fingerprint density at radius 2 is 1.89 bits per heavy atom. The molecule has 0 aliphatic carbocycles. The Morgan fingerprint density at radius 1 is 1.13 bits per heavy atom. The van der Waals surface area contributed by atoms with E-state index in [1.165, 1.54) is 6.08 Å². The van der Waals surface area contributed by atoms with Gasteiger partial charge in [-0.05, 0) is 46.7 Å². The molecule has 0 radical (unpaired) electrons. The van der Waals surface area contributed by atoms with Crippen molar-refractivity contribution in [1.29, 1.82) is 0 Å². The summed E-state index contributed by atoms with van der Waals surface area (Å²) in [5, 5.41) is 12.7. The van der Waals surface area contributed by atoms with Gasteiger partial charge in [0.05, 0.1) is 29.3 Å². The minimum absolute atomic E-state index is 0.104. The van der Waals surface area contributed by atoms with Gasteiger partial charge in [0.15, 0.2) is 5.82 Å². The van der Waals surface area contributed by atoms with E-state index in [0.29, 0.717) is 67.8 Å². The summed E-state index contributed by atoms with van der Waals surface area (Å²) in [4.78, 5) is 34.2. The second kappa shape index (κ2) is 9.78. The molecule has 2 aliphatic rings. The molecule has 4 aromatic rings. The quantitative estimate of drug-likeness (QED) is 0.392. The molecule has 3 heterocycles. The molecule has 1 aromatic heterocycles. The fourth-order valence-corrected chi connectivity index (χ4v) is 5.65. The smallest absolute Gasteiger partial charge is 0.294 e. The molecule has 9 heteroatoms. The van der Waals surface area contributed by atoms with Crippen molar-refractivity contribution in [2.24, 2.45) is 5.92 Å². The molecule has 2 fully saturated rings. The SMILES string of the molecule is C=CC(=O)N1CC(Cn2c(=O)c(N3CCOCC3)nc3cc(-c4cc(O)cc5ccccc45)c(Cl)cc32)C1. The maximum atomic E-state index is 13.8. The molecule has 194 valence electrons. The van der Waals surface area contributed by atoms with Gasteiger partial charge in [-0.2, -0.15) is 0 Å². The molecule has 0 spiro atoms. The first kappa shape index (κ1) is 24.5. The van der Waals surface area contributed by atoms with E-state index in [9.17, 15) is 14.7 Å². The molecule has 1 amide bonds. The zero-order valence-corrected chi connectivity index (χ0v) is 21.5. The number of phenols is 1. The summed E-state index contributed by atoms with van der Waals surface area (Å²) in [6.45, 7) is 7.35. The monoisotopic (exact) mass is 530 g/mol. The number of aromatic hydroxyl groups is 1. The second-order valence-electron chi connectivity index (χ2n) is 9.80. The van der Waals surface area contributed by atoms with E-state index in [1.54, 1.807) is 27.7 Å². The number of carbonyl (C=O) groups excluding carboxylic acids is 1. The number of halogens is 1. The number of rotatable bonds is 5. The van der Waals surface area contributed by atoms with E-state index in [-0.39, 0.29) is 23.1 Å². The summed E-state index contributed by atoms with van der Waals surface area (Å²) in [5.74, 6) is 0.556. The maximum absolute atomic E-state index is 13.8. The van der Waals surface area contributed by atoms with Crippen molar-refractivity contribution in [3.63, 3.8) is 0 Å². The van der Waals surface area contributed by atoms with Crippen LogP contribution < -0.4 is 10.5 Å². The highest BCUT2D eigenvalue weighted by molar-refractivity contribution is 6.34. The van der Waals surface area contributed by atoms with Crippen LogP contribution in [0, 0.1) is 5.92 Å². The molecule has 2 saturated heterocycles. The number of fused-ring (bicyclic) bond motifs is 2. The van der Waals surface area contributed by atoms with Crippen molar-refractivity contribution in [1.82, 2.24) is 14.5 Å². The fourth-order valence-electron chi connectivity index (χ4n) is 5.39.